The summed E-state index contributed by atoms with van der Waals surface area (Å²) < 4.78 is 5.54. The number of rotatable bonds is 5. The molecular weight excluding hydrogens is 274 g/mol. The molecule has 0 aliphatic carbocycles. The summed E-state index contributed by atoms with van der Waals surface area (Å²) in [5, 5.41) is 11.6. The minimum Gasteiger partial charge on any atom is -0.493 e. The fourth-order valence-electron chi connectivity index (χ4n) is 1.36. The van der Waals surface area contributed by atoms with Gasteiger partial charge in [-0.25, -0.2) is 0 Å². The highest BCUT2D eigenvalue weighted by molar-refractivity contribution is 9.09. The fraction of sp³-hybridized carbons (Fsp3) is 0.455. The van der Waals surface area contributed by atoms with E-state index in [1.165, 1.54) is 0 Å². The van der Waals surface area contributed by atoms with Gasteiger partial charge in [-0.15, -0.1) is 0 Å². The number of hydrogen-bond donors (Lipinski definition) is 0. The first-order valence-corrected chi connectivity index (χ1v) is 6.12. The van der Waals surface area contributed by atoms with Crippen molar-refractivity contribution in [1.82, 2.24) is 0 Å². The quantitative estimate of drug-likeness (QED) is 0.361. The van der Waals surface area contributed by atoms with E-state index in [1.54, 1.807) is 19.1 Å². The lowest BCUT2D eigenvalue weighted by molar-refractivity contribution is -0.385. The zero-order valence-electron chi connectivity index (χ0n) is 9.33. The molecule has 0 amide bonds. The maximum absolute atomic E-state index is 10.7. The average molecular weight is 288 g/mol. The molecule has 0 fully saturated rings. The van der Waals surface area contributed by atoms with Crippen LogP contribution in [0.3, 0.4) is 0 Å². The molecule has 1 aromatic carbocycles. The van der Waals surface area contributed by atoms with Crippen LogP contribution in [0.25, 0.3) is 0 Å². The number of hydrogen-bond acceptors (Lipinski definition) is 3. The van der Waals surface area contributed by atoms with E-state index in [4.69, 9.17) is 4.74 Å². The van der Waals surface area contributed by atoms with Crippen molar-refractivity contribution in [1.29, 1.82) is 0 Å². The molecule has 0 radical (unpaired) electrons. The van der Waals surface area contributed by atoms with Crippen LogP contribution in [0.4, 0.5) is 5.69 Å². The molecule has 0 N–H and O–H groups in total. The first kappa shape index (κ1) is 13.0. The number of ether oxygens (including phenoxy) is 1. The van der Waals surface area contributed by atoms with Gasteiger partial charge in [-0.1, -0.05) is 15.9 Å². The highest BCUT2D eigenvalue weighted by atomic mass is 79.9. The molecule has 5 heteroatoms. The highest BCUT2D eigenvalue weighted by Gasteiger charge is 2.13. The summed E-state index contributed by atoms with van der Waals surface area (Å²) in [6.45, 7) is 4.15. The van der Waals surface area contributed by atoms with Gasteiger partial charge in [-0.3, -0.25) is 10.1 Å². The summed E-state index contributed by atoms with van der Waals surface area (Å²) >= 11 is 3.32. The highest BCUT2D eigenvalue weighted by Crippen LogP contribution is 2.27. The van der Waals surface area contributed by atoms with Gasteiger partial charge in [0.05, 0.1) is 11.5 Å². The van der Waals surface area contributed by atoms with Crippen LogP contribution in [0.2, 0.25) is 0 Å². The van der Waals surface area contributed by atoms with E-state index in [2.05, 4.69) is 15.9 Å². The summed E-state index contributed by atoms with van der Waals surface area (Å²) in [7, 11) is 0. The van der Waals surface area contributed by atoms with Gasteiger partial charge < -0.3 is 4.74 Å². The molecule has 0 atom stereocenters. The van der Waals surface area contributed by atoms with E-state index < -0.39 is 0 Å². The molecule has 0 unspecified atom stereocenters. The molecule has 0 aliphatic heterocycles. The first-order valence-electron chi connectivity index (χ1n) is 5.00. The van der Waals surface area contributed by atoms with Crippen LogP contribution in [0.1, 0.15) is 17.5 Å². The Hall–Kier alpha value is -1.10. The van der Waals surface area contributed by atoms with Gasteiger partial charge in [-0.05, 0) is 31.9 Å². The molecule has 88 valence electrons. The Morgan fingerprint density at radius 1 is 1.38 bits per heavy atom. The van der Waals surface area contributed by atoms with E-state index in [0.717, 1.165) is 23.1 Å². The smallest absolute Gasteiger partial charge is 0.272 e. The second kappa shape index (κ2) is 5.84. The third-order valence-electron chi connectivity index (χ3n) is 2.23. The Bertz CT molecular complexity index is 393. The van der Waals surface area contributed by atoms with Crippen LogP contribution < -0.4 is 4.74 Å². The molecule has 0 spiro atoms. The summed E-state index contributed by atoms with van der Waals surface area (Å²) in [5.74, 6) is 0.726. The average Bonchev–Trinajstić information content (AvgIpc) is 2.22. The lowest BCUT2D eigenvalue weighted by Crippen LogP contribution is -2.01. The summed E-state index contributed by atoms with van der Waals surface area (Å²) in [6.07, 6.45) is 0.912. The summed E-state index contributed by atoms with van der Waals surface area (Å²) in [5.41, 5.74) is 1.57. The number of benzene rings is 1. The molecule has 0 saturated carbocycles. The second-order valence-electron chi connectivity index (χ2n) is 3.55. The number of alkyl halides is 1. The predicted molar refractivity (Wildman–Crippen MR) is 66.5 cm³/mol. The SMILES string of the molecule is Cc1cc([N+](=O)[O-])c(C)cc1OCCCBr. The van der Waals surface area contributed by atoms with Crippen LogP contribution in [-0.4, -0.2) is 16.9 Å². The van der Waals surface area contributed by atoms with E-state index in [9.17, 15) is 10.1 Å². The molecule has 0 aliphatic rings. The van der Waals surface area contributed by atoms with Gasteiger partial charge in [0.2, 0.25) is 0 Å². The van der Waals surface area contributed by atoms with Crippen molar-refractivity contribution in [3.63, 3.8) is 0 Å². The van der Waals surface area contributed by atoms with E-state index in [-0.39, 0.29) is 10.6 Å². The van der Waals surface area contributed by atoms with Crippen molar-refractivity contribution >= 4 is 21.6 Å². The maximum atomic E-state index is 10.7. The predicted octanol–water partition coefficient (Wildman–Crippen LogP) is 3.38. The molecule has 0 heterocycles. The number of nitro benzene ring substituents is 1. The molecular formula is C11H14BrNO3. The number of nitrogens with zero attached hydrogens (tertiary/aromatic N) is 1. The summed E-state index contributed by atoms with van der Waals surface area (Å²) in [6, 6.07) is 3.28. The van der Waals surface area contributed by atoms with Gasteiger partial charge in [0.1, 0.15) is 5.75 Å². The standard InChI is InChI=1S/C11H14BrNO3/c1-8-7-11(16-5-3-4-12)9(2)6-10(8)13(14)15/h6-7H,3-5H2,1-2H3. The monoisotopic (exact) mass is 287 g/mol. The van der Waals surface area contributed by atoms with Crippen LogP contribution in [-0.2, 0) is 0 Å². The third-order valence-corrected chi connectivity index (χ3v) is 2.79. The van der Waals surface area contributed by atoms with Crippen molar-refractivity contribution in [2.45, 2.75) is 20.3 Å². The molecule has 1 rings (SSSR count). The van der Waals surface area contributed by atoms with Crippen LogP contribution in [0.15, 0.2) is 12.1 Å². The zero-order chi connectivity index (χ0) is 12.1. The minimum absolute atomic E-state index is 0.144. The van der Waals surface area contributed by atoms with Crippen molar-refractivity contribution in [2.24, 2.45) is 0 Å². The number of nitro groups is 1. The van der Waals surface area contributed by atoms with E-state index in [0.29, 0.717) is 12.2 Å². The molecule has 16 heavy (non-hydrogen) atoms. The summed E-state index contributed by atoms with van der Waals surface area (Å²) in [4.78, 5) is 10.3. The molecule has 0 saturated heterocycles. The van der Waals surface area contributed by atoms with Crippen molar-refractivity contribution in [3.8, 4) is 5.75 Å². The largest absolute Gasteiger partial charge is 0.493 e. The first-order chi connectivity index (χ1) is 7.56. The van der Waals surface area contributed by atoms with E-state index in [1.807, 2.05) is 6.92 Å². The topological polar surface area (TPSA) is 52.4 Å². The molecule has 0 bridgehead atoms. The zero-order valence-corrected chi connectivity index (χ0v) is 10.9. The maximum Gasteiger partial charge on any atom is 0.272 e. The third kappa shape index (κ3) is 3.20. The Kier molecular flexibility index (Phi) is 4.73. The van der Waals surface area contributed by atoms with Gasteiger partial charge in [0.25, 0.3) is 5.69 Å². The second-order valence-corrected chi connectivity index (χ2v) is 4.35. The van der Waals surface area contributed by atoms with Gasteiger partial charge in [0.15, 0.2) is 0 Å². The Morgan fingerprint density at radius 3 is 2.62 bits per heavy atom. The lowest BCUT2D eigenvalue weighted by Gasteiger charge is -2.09. The Morgan fingerprint density at radius 2 is 2.06 bits per heavy atom. The fourth-order valence-corrected chi connectivity index (χ4v) is 1.59. The van der Waals surface area contributed by atoms with Crippen molar-refractivity contribution < 1.29 is 9.66 Å². The van der Waals surface area contributed by atoms with Crippen LogP contribution in [0, 0.1) is 24.0 Å². The molecule has 1 aromatic rings. The van der Waals surface area contributed by atoms with Gasteiger partial charge in [-0.2, -0.15) is 0 Å². The molecule has 0 aromatic heterocycles. The van der Waals surface area contributed by atoms with E-state index >= 15 is 0 Å². The number of halogens is 1. The van der Waals surface area contributed by atoms with Crippen molar-refractivity contribution in [2.75, 3.05) is 11.9 Å². The van der Waals surface area contributed by atoms with Gasteiger partial charge in [0, 0.05) is 17.0 Å². The minimum atomic E-state index is -0.370. The molecule has 4 nitrogen and oxygen atoms in total. The Labute approximate surface area is 103 Å². The number of aryl methyl sites for hydroxylation is 2. The van der Waals surface area contributed by atoms with Gasteiger partial charge >= 0.3 is 0 Å². The van der Waals surface area contributed by atoms with Crippen LogP contribution in [0.5, 0.6) is 5.75 Å². The lowest BCUT2D eigenvalue weighted by atomic mass is 10.1. The Balaban J connectivity index is 2.88. The normalized spacial score (nSPS) is 10.2. The van der Waals surface area contributed by atoms with Crippen molar-refractivity contribution in [3.05, 3.63) is 33.4 Å². The van der Waals surface area contributed by atoms with Crippen LogP contribution >= 0.6 is 15.9 Å².